The van der Waals surface area contributed by atoms with Gasteiger partial charge in [0.05, 0.1) is 12.2 Å². The summed E-state index contributed by atoms with van der Waals surface area (Å²) < 4.78 is 87.4. The second-order valence-electron chi connectivity index (χ2n) is 9.45. The molecule has 2 aliphatic carbocycles. The lowest BCUT2D eigenvalue weighted by molar-refractivity contribution is -0.0712. The van der Waals surface area contributed by atoms with E-state index in [-0.39, 0.29) is 57.0 Å². The molecule has 4 rings (SSSR count). The molecule has 0 bridgehead atoms. The van der Waals surface area contributed by atoms with Gasteiger partial charge in [0, 0.05) is 37.4 Å². The summed E-state index contributed by atoms with van der Waals surface area (Å²) in [7, 11) is -4.26. The van der Waals surface area contributed by atoms with Crippen molar-refractivity contribution in [1.29, 1.82) is 0 Å². The van der Waals surface area contributed by atoms with E-state index in [1.54, 1.807) is 4.72 Å². The van der Waals surface area contributed by atoms with Gasteiger partial charge in [-0.25, -0.2) is 22.3 Å². The molecule has 0 unspecified atom stereocenters. The molecule has 1 aromatic rings. The first kappa shape index (κ1) is 23.3. The van der Waals surface area contributed by atoms with Gasteiger partial charge < -0.3 is 4.74 Å². The van der Waals surface area contributed by atoms with Gasteiger partial charge in [-0.3, -0.25) is 4.79 Å². The molecule has 2 saturated carbocycles. The van der Waals surface area contributed by atoms with Crippen LogP contribution >= 0.6 is 0 Å². The van der Waals surface area contributed by atoms with Crippen molar-refractivity contribution in [1.82, 2.24) is 9.03 Å². The Balaban J connectivity index is 1.48. The van der Waals surface area contributed by atoms with Crippen molar-refractivity contribution in [2.45, 2.75) is 63.5 Å². The molecule has 1 N–H and O–H groups in total. The van der Waals surface area contributed by atoms with Crippen LogP contribution in [-0.4, -0.2) is 50.4 Å². The molecule has 0 atom stereocenters. The number of hydrogen-bond donors (Lipinski definition) is 1. The Hall–Kier alpha value is -1.88. The van der Waals surface area contributed by atoms with Crippen LogP contribution in [0.5, 0.6) is 5.75 Å². The van der Waals surface area contributed by atoms with Crippen molar-refractivity contribution in [2.24, 2.45) is 5.41 Å². The number of benzene rings is 1. The van der Waals surface area contributed by atoms with E-state index >= 15 is 0 Å². The average molecular weight is 479 g/mol. The van der Waals surface area contributed by atoms with E-state index in [1.807, 2.05) is 6.92 Å². The van der Waals surface area contributed by atoms with E-state index in [0.29, 0.717) is 5.56 Å². The Bertz CT molecular complexity index is 997. The lowest BCUT2D eigenvalue weighted by Gasteiger charge is -2.37. The fraction of sp³-hybridized carbons (Fsp3) is 0.667. The van der Waals surface area contributed by atoms with Crippen LogP contribution < -0.4 is 9.46 Å². The molecule has 6 nitrogen and oxygen atoms in total. The summed E-state index contributed by atoms with van der Waals surface area (Å²) in [5.74, 6) is -4.46. The number of nitrogens with one attached hydrogen (secondary N) is 1. The van der Waals surface area contributed by atoms with Gasteiger partial charge in [0.25, 0.3) is 5.91 Å². The van der Waals surface area contributed by atoms with Crippen molar-refractivity contribution in [3.05, 3.63) is 29.1 Å². The third-order valence-electron chi connectivity index (χ3n) is 6.49. The van der Waals surface area contributed by atoms with Crippen LogP contribution in [0.4, 0.5) is 17.6 Å². The summed E-state index contributed by atoms with van der Waals surface area (Å²) in [6.45, 7) is 1.30. The molecular weight excluding hydrogens is 452 g/mol. The maximum atomic E-state index is 14.8. The zero-order chi connectivity index (χ0) is 23.3. The van der Waals surface area contributed by atoms with E-state index in [1.165, 1.54) is 6.07 Å². The van der Waals surface area contributed by atoms with E-state index < -0.39 is 45.0 Å². The van der Waals surface area contributed by atoms with Crippen molar-refractivity contribution in [2.75, 3.05) is 19.7 Å². The molecule has 0 aromatic heterocycles. The number of hydrogen-bond acceptors (Lipinski definition) is 4. The molecule has 178 valence electrons. The number of rotatable bonds is 7. The van der Waals surface area contributed by atoms with Crippen LogP contribution in [0.2, 0.25) is 0 Å². The lowest BCUT2D eigenvalue weighted by atomic mass is 9.75. The summed E-state index contributed by atoms with van der Waals surface area (Å²) >= 11 is 0. The van der Waals surface area contributed by atoms with Crippen LogP contribution in [0.3, 0.4) is 0 Å². The minimum atomic E-state index is -4.26. The molecule has 1 amide bonds. The van der Waals surface area contributed by atoms with Crippen molar-refractivity contribution in [3.63, 3.8) is 0 Å². The van der Waals surface area contributed by atoms with Gasteiger partial charge in [0.1, 0.15) is 17.7 Å². The van der Waals surface area contributed by atoms with Crippen LogP contribution in [0.1, 0.15) is 67.3 Å². The summed E-state index contributed by atoms with van der Waals surface area (Å²) in [6, 6.07) is 2.34. The normalized spacial score (nSPS) is 23.4. The topological polar surface area (TPSA) is 75.7 Å². The van der Waals surface area contributed by atoms with Gasteiger partial charge >= 0.3 is 10.2 Å². The zero-order valence-corrected chi connectivity index (χ0v) is 18.5. The molecule has 1 heterocycles. The fourth-order valence-electron chi connectivity index (χ4n) is 4.02. The number of amides is 1. The number of carbonyl (C=O) groups excluding carboxylic acids is 1. The third kappa shape index (κ3) is 5.03. The molecule has 1 aliphatic heterocycles. The summed E-state index contributed by atoms with van der Waals surface area (Å²) in [5.41, 5.74) is -0.315. The van der Waals surface area contributed by atoms with Gasteiger partial charge in [-0.15, -0.1) is 0 Å². The molecule has 3 fully saturated rings. The van der Waals surface area contributed by atoms with Gasteiger partial charge in [-0.1, -0.05) is 6.92 Å². The van der Waals surface area contributed by atoms with Crippen molar-refractivity contribution in [3.8, 4) is 5.75 Å². The fourth-order valence-corrected chi connectivity index (χ4v) is 5.21. The Kier molecular flexibility index (Phi) is 5.94. The summed E-state index contributed by atoms with van der Waals surface area (Å²) in [5, 5.41) is 0. The average Bonchev–Trinajstić information content (AvgIpc) is 3.51. The number of halogens is 4. The summed E-state index contributed by atoms with van der Waals surface area (Å²) in [4.78, 5) is 12.5. The highest BCUT2D eigenvalue weighted by Crippen LogP contribution is 2.47. The highest BCUT2D eigenvalue weighted by molar-refractivity contribution is 7.87. The van der Waals surface area contributed by atoms with Crippen molar-refractivity contribution < 1.29 is 35.5 Å². The number of alkyl halides is 3. The minimum Gasteiger partial charge on any atom is -0.493 e. The van der Waals surface area contributed by atoms with Crippen LogP contribution in [-0.2, 0) is 10.2 Å². The number of nitrogens with zero attached hydrogens (tertiary/aromatic N) is 1. The van der Waals surface area contributed by atoms with Crippen LogP contribution in [0.15, 0.2) is 12.1 Å². The van der Waals surface area contributed by atoms with Gasteiger partial charge in [0.15, 0.2) is 0 Å². The molecule has 0 radical (unpaired) electrons. The summed E-state index contributed by atoms with van der Waals surface area (Å²) in [6.07, 6.45) is 0.488. The first-order valence-corrected chi connectivity index (χ1v) is 12.1. The molecular formula is C21H26F4N2O4S. The lowest BCUT2D eigenvalue weighted by Crippen LogP contribution is -2.56. The second-order valence-corrected chi connectivity index (χ2v) is 11.1. The highest BCUT2D eigenvalue weighted by Gasteiger charge is 2.42. The first-order chi connectivity index (χ1) is 14.9. The second kappa shape index (κ2) is 8.16. The third-order valence-corrected chi connectivity index (χ3v) is 7.91. The standard InChI is InChI=1S/C21H26F4N2O4S/c1-20(4-6-21(24,25)7-5-20)12-31-18-9-17(23)16(8-15(18)13-2-3-13)19(28)26-32(29,30)27-10-14(22)11-27/h8-9,13-14H,2-7,10-12H2,1H3,(H,26,28). The number of carbonyl (C=O) groups is 1. The van der Waals surface area contributed by atoms with E-state index in [0.717, 1.165) is 23.2 Å². The molecule has 3 aliphatic rings. The minimum absolute atomic E-state index is 0.0555. The first-order valence-electron chi connectivity index (χ1n) is 10.7. The Morgan fingerprint density at radius 1 is 1.19 bits per heavy atom. The van der Waals surface area contributed by atoms with Crippen LogP contribution in [0, 0.1) is 11.2 Å². The maximum Gasteiger partial charge on any atom is 0.304 e. The Labute approximate surface area is 184 Å². The molecule has 1 aromatic carbocycles. The van der Waals surface area contributed by atoms with E-state index in [4.69, 9.17) is 4.74 Å². The predicted molar refractivity (Wildman–Crippen MR) is 108 cm³/mol. The Morgan fingerprint density at radius 3 is 2.38 bits per heavy atom. The zero-order valence-electron chi connectivity index (χ0n) is 17.7. The Morgan fingerprint density at radius 2 is 1.81 bits per heavy atom. The van der Waals surface area contributed by atoms with Gasteiger partial charge in [0.2, 0.25) is 5.92 Å². The predicted octanol–water partition coefficient (Wildman–Crippen LogP) is 3.93. The SMILES string of the molecule is CC1(COc2cc(F)c(C(=O)NS(=O)(=O)N3CC(F)C3)cc2C2CC2)CCC(F)(F)CC1. The van der Waals surface area contributed by atoms with Gasteiger partial charge in [-0.2, -0.15) is 12.7 Å². The monoisotopic (exact) mass is 478 g/mol. The smallest absolute Gasteiger partial charge is 0.304 e. The molecule has 1 saturated heterocycles. The maximum absolute atomic E-state index is 14.8. The van der Waals surface area contributed by atoms with Gasteiger partial charge in [-0.05, 0) is 43.2 Å². The molecule has 0 spiro atoms. The van der Waals surface area contributed by atoms with Crippen molar-refractivity contribution >= 4 is 16.1 Å². The number of ether oxygens (including phenoxy) is 1. The quantitative estimate of drug-likeness (QED) is 0.603. The van der Waals surface area contributed by atoms with E-state index in [2.05, 4.69) is 0 Å². The highest BCUT2D eigenvalue weighted by atomic mass is 32.2. The van der Waals surface area contributed by atoms with Crippen LogP contribution in [0.25, 0.3) is 0 Å². The largest absolute Gasteiger partial charge is 0.493 e. The molecule has 11 heteroatoms. The molecule has 32 heavy (non-hydrogen) atoms. The van der Waals surface area contributed by atoms with E-state index in [9.17, 15) is 30.8 Å².